The molecule has 20 heavy (non-hydrogen) atoms. The Balaban J connectivity index is 2.94. The van der Waals surface area contributed by atoms with E-state index in [2.05, 4.69) is 4.72 Å². The molecule has 0 heterocycles. The van der Waals surface area contributed by atoms with Crippen LogP contribution in [0.3, 0.4) is 0 Å². The van der Waals surface area contributed by atoms with E-state index >= 15 is 0 Å². The highest BCUT2D eigenvalue weighted by Crippen LogP contribution is 2.13. The summed E-state index contributed by atoms with van der Waals surface area (Å²) >= 11 is 0. The van der Waals surface area contributed by atoms with Gasteiger partial charge in [-0.15, -0.1) is 0 Å². The summed E-state index contributed by atoms with van der Waals surface area (Å²) in [4.78, 5) is 11.2. The van der Waals surface area contributed by atoms with Crippen molar-refractivity contribution in [3.8, 4) is 0 Å². The second-order valence-corrected chi connectivity index (χ2v) is 6.37. The van der Waals surface area contributed by atoms with Crippen LogP contribution in [0.2, 0.25) is 0 Å². The molecule has 1 aromatic rings. The van der Waals surface area contributed by atoms with Crippen LogP contribution in [0.15, 0.2) is 29.2 Å². The van der Waals surface area contributed by atoms with Gasteiger partial charge in [-0.3, -0.25) is 4.79 Å². The molecule has 1 rings (SSSR count). The molecule has 0 aliphatic carbocycles. The quantitative estimate of drug-likeness (QED) is 0.770. The van der Waals surface area contributed by atoms with E-state index in [1.54, 1.807) is 12.1 Å². The van der Waals surface area contributed by atoms with Crippen LogP contribution in [0.5, 0.6) is 0 Å². The maximum atomic E-state index is 12.2. The minimum Gasteiger partial charge on any atom is -0.480 e. The van der Waals surface area contributed by atoms with Crippen LogP contribution < -0.4 is 4.72 Å². The second-order valence-electron chi connectivity index (χ2n) is 4.66. The largest absolute Gasteiger partial charge is 0.480 e. The molecule has 5 nitrogen and oxygen atoms in total. The lowest BCUT2D eigenvalue weighted by Gasteiger charge is -2.14. The van der Waals surface area contributed by atoms with Gasteiger partial charge in [0.05, 0.1) is 4.90 Å². The molecule has 1 aromatic carbocycles. The first-order chi connectivity index (χ1) is 9.40. The Bertz CT molecular complexity index is 554. The molecule has 2 N–H and O–H groups in total. The lowest BCUT2D eigenvalue weighted by atomic mass is 10.1. The highest BCUT2D eigenvalue weighted by Gasteiger charge is 2.24. The van der Waals surface area contributed by atoms with Gasteiger partial charge in [0.15, 0.2) is 0 Å². The van der Waals surface area contributed by atoms with Gasteiger partial charge in [0.1, 0.15) is 6.04 Å². The van der Waals surface area contributed by atoms with E-state index in [-0.39, 0.29) is 4.90 Å². The second kappa shape index (κ2) is 7.40. The van der Waals surface area contributed by atoms with E-state index in [9.17, 15) is 13.2 Å². The van der Waals surface area contributed by atoms with Crippen LogP contribution >= 0.6 is 0 Å². The molecular formula is C14H21NO4S. The number of nitrogens with one attached hydrogen (secondary N) is 1. The van der Waals surface area contributed by atoms with Crippen LogP contribution in [0.25, 0.3) is 0 Å². The standard InChI is InChI=1S/C14H21NO4S/c1-3-5-9-13(14(16)17)15-20(18,19)12-8-6-7-11(4-2)10-12/h6-8,10,13,15H,3-5,9H2,1-2H3,(H,16,17). The molecule has 0 spiro atoms. The predicted molar refractivity (Wildman–Crippen MR) is 77.1 cm³/mol. The molecule has 0 aliphatic heterocycles. The number of aryl methyl sites for hydroxylation is 1. The summed E-state index contributed by atoms with van der Waals surface area (Å²) in [5.74, 6) is -1.14. The van der Waals surface area contributed by atoms with Crippen molar-refractivity contribution in [3.05, 3.63) is 29.8 Å². The summed E-state index contributed by atoms with van der Waals surface area (Å²) in [6, 6.07) is 5.46. The van der Waals surface area contributed by atoms with E-state index in [1.165, 1.54) is 6.07 Å². The number of hydrogen-bond donors (Lipinski definition) is 2. The van der Waals surface area contributed by atoms with Crippen LogP contribution in [-0.4, -0.2) is 25.5 Å². The SMILES string of the molecule is CCCCC(NS(=O)(=O)c1cccc(CC)c1)C(=O)O. The topological polar surface area (TPSA) is 83.5 Å². The molecule has 0 saturated heterocycles. The molecule has 1 unspecified atom stereocenters. The fourth-order valence-electron chi connectivity index (χ4n) is 1.83. The van der Waals surface area contributed by atoms with Gasteiger partial charge in [0.25, 0.3) is 0 Å². The third-order valence-corrected chi connectivity index (χ3v) is 4.53. The molecule has 0 aliphatic rings. The molecule has 0 saturated carbocycles. The van der Waals surface area contributed by atoms with Crippen LogP contribution in [-0.2, 0) is 21.2 Å². The summed E-state index contributed by atoms with van der Waals surface area (Å²) in [6.45, 7) is 3.86. The summed E-state index contributed by atoms with van der Waals surface area (Å²) in [5, 5.41) is 9.08. The average Bonchev–Trinajstić information content (AvgIpc) is 2.43. The minimum atomic E-state index is -3.80. The number of carboxylic acids is 1. The zero-order valence-corrected chi connectivity index (χ0v) is 12.6. The first-order valence-electron chi connectivity index (χ1n) is 6.74. The Morgan fingerprint density at radius 2 is 2.05 bits per heavy atom. The molecule has 0 aromatic heterocycles. The van der Waals surface area contributed by atoms with Crippen molar-refractivity contribution in [1.29, 1.82) is 0 Å². The van der Waals surface area contributed by atoms with E-state index < -0.39 is 22.0 Å². The van der Waals surface area contributed by atoms with Crippen molar-refractivity contribution in [1.82, 2.24) is 4.72 Å². The molecule has 1 atom stereocenters. The minimum absolute atomic E-state index is 0.111. The summed E-state index contributed by atoms with van der Waals surface area (Å²) in [6.07, 6.45) is 2.49. The number of carboxylic acid groups (broad SMARTS) is 1. The van der Waals surface area contributed by atoms with Gasteiger partial charge >= 0.3 is 5.97 Å². The van der Waals surface area contributed by atoms with Crippen molar-refractivity contribution >= 4 is 16.0 Å². The van der Waals surface area contributed by atoms with Crippen molar-refractivity contribution in [3.63, 3.8) is 0 Å². The molecule has 0 fully saturated rings. The van der Waals surface area contributed by atoms with Gasteiger partial charge < -0.3 is 5.11 Å². The lowest BCUT2D eigenvalue weighted by Crippen LogP contribution is -2.40. The Labute approximate surface area is 120 Å². The van der Waals surface area contributed by atoms with Gasteiger partial charge in [0.2, 0.25) is 10.0 Å². The summed E-state index contributed by atoms with van der Waals surface area (Å²) in [7, 11) is -3.80. The van der Waals surface area contributed by atoms with Gasteiger partial charge in [-0.25, -0.2) is 8.42 Å². The summed E-state index contributed by atoms with van der Waals surface area (Å²) in [5.41, 5.74) is 0.897. The zero-order valence-electron chi connectivity index (χ0n) is 11.8. The highest BCUT2D eigenvalue weighted by molar-refractivity contribution is 7.89. The first kappa shape index (κ1) is 16.7. The van der Waals surface area contributed by atoms with Crippen molar-refractivity contribution in [2.24, 2.45) is 0 Å². The molecule has 6 heteroatoms. The maximum Gasteiger partial charge on any atom is 0.321 e. The molecule has 112 valence electrons. The van der Waals surface area contributed by atoms with Gasteiger partial charge in [-0.1, -0.05) is 38.8 Å². The van der Waals surface area contributed by atoms with Crippen LogP contribution in [0, 0.1) is 0 Å². The predicted octanol–water partition coefficient (Wildman–Crippen LogP) is 2.17. The zero-order chi connectivity index (χ0) is 15.2. The van der Waals surface area contributed by atoms with Crippen LogP contribution in [0.4, 0.5) is 0 Å². The average molecular weight is 299 g/mol. The smallest absolute Gasteiger partial charge is 0.321 e. The van der Waals surface area contributed by atoms with E-state index in [4.69, 9.17) is 5.11 Å². The van der Waals surface area contributed by atoms with Crippen molar-refractivity contribution in [2.75, 3.05) is 0 Å². The number of aliphatic carboxylic acids is 1. The molecular weight excluding hydrogens is 278 g/mol. The van der Waals surface area contributed by atoms with Crippen molar-refractivity contribution < 1.29 is 18.3 Å². The third-order valence-electron chi connectivity index (χ3n) is 3.06. The number of unbranched alkanes of at least 4 members (excludes halogenated alkanes) is 1. The van der Waals surface area contributed by atoms with Gasteiger partial charge in [-0.05, 0) is 30.5 Å². The first-order valence-corrected chi connectivity index (χ1v) is 8.23. The lowest BCUT2D eigenvalue weighted by molar-refractivity contribution is -0.139. The Morgan fingerprint density at radius 3 is 2.60 bits per heavy atom. The number of sulfonamides is 1. The Morgan fingerprint density at radius 1 is 1.35 bits per heavy atom. The normalized spacial score (nSPS) is 13.1. The van der Waals surface area contributed by atoms with E-state index in [0.717, 1.165) is 18.4 Å². The number of carbonyl (C=O) groups is 1. The van der Waals surface area contributed by atoms with Gasteiger partial charge in [0, 0.05) is 0 Å². The molecule has 0 radical (unpaired) electrons. The van der Waals surface area contributed by atoms with Gasteiger partial charge in [-0.2, -0.15) is 4.72 Å². The molecule has 0 amide bonds. The highest BCUT2D eigenvalue weighted by atomic mass is 32.2. The fraction of sp³-hybridized carbons (Fsp3) is 0.500. The number of hydrogen-bond acceptors (Lipinski definition) is 3. The Kier molecular flexibility index (Phi) is 6.16. The van der Waals surface area contributed by atoms with E-state index in [1.807, 2.05) is 19.9 Å². The molecule has 0 bridgehead atoms. The van der Waals surface area contributed by atoms with Crippen LogP contribution in [0.1, 0.15) is 38.7 Å². The summed E-state index contributed by atoms with van der Waals surface area (Å²) < 4.78 is 26.7. The maximum absolute atomic E-state index is 12.2. The number of rotatable bonds is 8. The fourth-order valence-corrected chi connectivity index (χ4v) is 3.12. The third kappa shape index (κ3) is 4.61. The number of benzene rings is 1. The monoisotopic (exact) mass is 299 g/mol. The van der Waals surface area contributed by atoms with E-state index in [0.29, 0.717) is 12.8 Å². The van der Waals surface area contributed by atoms with Crippen molar-refractivity contribution in [2.45, 2.75) is 50.5 Å². The Hall–Kier alpha value is -1.40.